The number of ether oxygens (including phenoxy) is 1. The number of rotatable bonds is 3. The Kier molecular flexibility index (Phi) is 5.45. The minimum Gasteiger partial charge on any atom is -0.443 e. The van der Waals surface area contributed by atoms with Crippen molar-refractivity contribution < 1.29 is 9.53 Å². The number of nitrogens with zero attached hydrogens (tertiary/aromatic N) is 1. The molecule has 0 aromatic heterocycles. The second kappa shape index (κ2) is 6.41. The summed E-state index contributed by atoms with van der Waals surface area (Å²) < 4.78 is 5.27. The number of hydrogen-bond acceptors (Lipinski definition) is 3. The van der Waals surface area contributed by atoms with E-state index in [-0.39, 0.29) is 6.04 Å². The molecule has 0 spiro atoms. The third kappa shape index (κ3) is 5.25. The molecule has 0 aromatic carbocycles. The minimum atomic E-state index is -0.487. The lowest BCUT2D eigenvalue weighted by Crippen LogP contribution is -2.47. The summed E-state index contributed by atoms with van der Waals surface area (Å²) in [5, 5.41) is 1.25. The van der Waals surface area contributed by atoms with E-state index in [1.54, 1.807) is 0 Å². The van der Waals surface area contributed by atoms with Gasteiger partial charge in [-0.25, -0.2) is 15.6 Å². The summed E-state index contributed by atoms with van der Waals surface area (Å²) in [4.78, 5) is 11.8. The van der Waals surface area contributed by atoms with E-state index in [4.69, 9.17) is 10.6 Å². The van der Waals surface area contributed by atoms with Crippen LogP contribution in [0.3, 0.4) is 0 Å². The number of hydrogen-bond donors (Lipinski definition) is 1. The first-order chi connectivity index (χ1) is 8.29. The summed E-state index contributed by atoms with van der Waals surface area (Å²) in [5.74, 6) is 6.55. The Morgan fingerprint density at radius 1 is 1.33 bits per heavy atom. The molecule has 1 unspecified atom stereocenters. The van der Waals surface area contributed by atoms with Crippen molar-refractivity contribution >= 4 is 6.09 Å². The van der Waals surface area contributed by atoms with Crippen LogP contribution < -0.4 is 5.84 Å². The summed E-state index contributed by atoms with van der Waals surface area (Å²) in [6.45, 7) is 7.55. The van der Waals surface area contributed by atoms with E-state index in [1.807, 2.05) is 27.7 Å². The van der Waals surface area contributed by atoms with Gasteiger partial charge in [0.15, 0.2) is 0 Å². The quantitative estimate of drug-likeness (QED) is 0.478. The molecule has 1 rings (SSSR count). The maximum atomic E-state index is 11.8. The predicted molar refractivity (Wildman–Crippen MR) is 72.9 cm³/mol. The van der Waals surface area contributed by atoms with Gasteiger partial charge in [0.05, 0.1) is 0 Å². The molecule has 2 N–H and O–H groups in total. The Balaban J connectivity index is 2.39. The average Bonchev–Trinajstić information content (AvgIpc) is 2.27. The predicted octanol–water partition coefficient (Wildman–Crippen LogP) is 3.46. The molecule has 0 radical (unpaired) electrons. The van der Waals surface area contributed by atoms with Crippen molar-refractivity contribution in [3.05, 3.63) is 0 Å². The number of amides is 1. The van der Waals surface area contributed by atoms with Gasteiger partial charge in [-0.15, -0.1) is 0 Å². The van der Waals surface area contributed by atoms with Gasteiger partial charge in [-0.2, -0.15) is 0 Å². The van der Waals surface area contributed by atoms with Crippen LogP contribution in [0, 0.1) is 5.92 Å². The fourth-order valence-electron chi connectivity index (χ4n) is 2.51. The molecule has 1 fully saturated rings. The smallest absolute Gasteiger partial charge is 0.424 e. The first kappa shape index (κ1) is 15.3. The zero-order chi connectivity index (χ0) is 13.8. The summed E-state index contributed by atoms with van der Waals surface area (Å²) in [6, 6.07) is 0.0444. The van der Waals surface area contributed by atoms with E-state index in [2.05, 4.69) is 0 Å². The molecule has 4 nitrogen and oxygen atoms in total. The molecule has 1 aliphatic rings. The molecule has 0 heterocycles. The maximum absolute atomic E-state index is 11.8. The molecule has 18 heavy (non-hydrogen) atoms. The lowest BCUT2D eigenvalue weighted by atomic mass is 9.85. The van der Waals surface area contributed by atoms with Crippen LogP contribution in [0.5, 0.6) is 0 Å². The molecule has 0 bridgehead atoms. The van der Waals surface area contributed by atoms with Crippen LogP contribution in [0.2, 0.25) is 0 Å². The summed E-state index contributed by atoms with van der Waals surface area (Å²) >= 11 is 0. The molecule has 106 valence electrons. The van der Waals surface area contributed by atoms with E-state index in [0.29, 0.717) is 5.92 Å². The molecule has 1 atom stereocenters. The first-order valence-corrected chi connectivity index (χ1v) is 7.06. The van der Waals surface area contributed by atoms with Crippen molar-refractivity contribution in [1.29, 1.82) is 0 Å². The number of carbonyl (C=O) groups is 1. The van der Waals surface area contributed by atoms with E-state index < -0.39 is 11.7 Å². The monoisotopic (exact) mass is 256 g/mol. The van der Waals surface area contributed by atoms with Gasteiger partial charge in [0.2, 0.25) is 0 Å². The third-order valence-corrected chi connectivity index (χ3v) is 3.48. The number of hydrazine groups is 1. The molecule has 4 heteroatoms. The molecular weight excluding hydrogens is 228 g/mol. The zero-order valence-electron chi connectivity index (χ0n) is 12.2. The van der Waals surface area contributed by atoms with Crippen LogP contribution in [-0.4, -0.2) is 22.7 Å². The van der Waals surface area contributed by atoms with Crippen LogP contribution in [0.25, 0.3) is 0 Å². The topological polar surface area (TPSA) is 55.6 Å². The normalized spacial score (nSPS) is 19.4. The van der Waals surface area contributed by atoms with Gasteiger partial charge in [0.1, 0.15) is 5.60 Å². The van der Waals surface area contributed by atoms with Gasteiger partial charge in [0, 0.05) is 6.04 Å². The van der Waals surface area contributed by atoms with Crippen molar-refractivity contribution in [2.45, 2.75) is 77.9 Å². The highest BCUT2D eigenvalue weighted by Crippen LogP contribution is 2.28. The van der Waals surface area contributed by atoms with Crippen LogP contribution in [0.4, 0.5) is 4.79 Å². The van der Waals surface area contributed by atoms with E-state index in [1.165, 1.54) is 37.1 Å². The van der Waals surface area contributed by atoms with Gasteiger partial charge >= 0.3 is 6.09 Å². The van der Waals surface area contributed by atoms with Crippen LogP contribution >= 0.6 is 0 Å². The largest absolute Gasteiger partial charge is 0.443 e. The summed E-state index contributed by atoms with van der Waals surface area (Å²) in [7, 11) is 0. The van der Waals surface area contributed by atoms with Gasteiger partial charge in [-0.1, -0.05) is 32.1 Å². The fraction of sp³-hybridized carbons (Fsp3) is 0.929. The Morgan fingerprint density at radius 2 is 1.89 bits per heavy atom. The maximum Gasteiger partial charge on any atom is 0.424 e. The Labute approximate surface area is 111 Å². The van der Waals surface area contributed by atoms with Gasteiger partial charge in [-0.3, -0.25) is 0 Å². The molecule has 0 aromatic rings. The average molecular weight is 256 g/mol. The van der Waals surface area contributed by atoms with Crippen LogP contribution in [0.1, 0.15) is 66.2 Å². The third-order valence-electron chi connectivity index (χ3n) is 3.48. The second-order valence-corrected chi connectivity index (χ2v) is 6.48. The molecule has 0 saturated heterocycles. The number of nitrogens with two attached hydrogens (primary N) is 1. The molecular formula is C14H28N2O2. The standard InChI is InChI=1S/C14H28N2O2/c1-11(10-12-8-6-5-7-9-12)16(15)13(17)18-14(2,3)4/h11-12H,5-10,15H2,1-4H3. The van der Waals surface area contributed by atoms with E-state index in [0.717, 1.165) is 6.42 Å². The van der Waals surface area contributed by atoms with E-state index >= 15 is 0 Å². The Morgan fingerprint density at radius 3 is 2.39 bits per heavy atom. The van der Waals surface area contributed by atoms with Crippen LogP contribution in [-0.2, 0) is 4.74 Å². The highest BCUT2D eigenvalue weighted by molar-refractivity contribution is 5.67. The molecule has 1 saturated carbocycles. The zero-order valence-corrected chi connectivity index (χ0v) is 12.2. The SMILES string of the molecule is CC(CC1CCCCC1)N(N)C(=O)OC(C)(C)C. The number of carbonyl (C=O) groups excluding carboxylic acids is 1. The van der Waals surface area contributed by atoms with Crippen molar-refractivity contribution in [1.82, 2.24) is 5.01 Å². The highest BCUT2D eigenvalue weighted by Gasteiger charge is 2.26. The van der Waals surface area contributed by atoms with Crippen molar-refractivity contribution in [2.75, 3.05) is 0 Å². The summed E-state index contributed by atoms with van der Waals surface area (Å²) in [6.07, 6.45) is 7.08. The fourth-order valence-corrected chi connectivity index (χ4v) is 2.51. The molecule has 1 aliphatic carbocycles. The van der Waals surface area contributed by atoms with Crippen molar-refractivity contribution in [3.8, 4) is 0 Å². The van der Waals surface area contributed by atoms with Crippen LogP contribution in [0.15, 0.2) is 0 Å². The van der Waals surface area contributed by atoms with Crippen molar-refractivity contribution in [2.24, 2.45) is 11.8 Å². The molecule has 1 amide bonds. The van der Waals surface area contributed by atoms with Gasteiger partial charge < -0.3 is 4.74 Å². The summed E-state index contributed by atoms with van der Waals surface area (Å²) in [5.41, 5.74) is -0.487. The van der Waals surface area contributed by atoms with Crippen molar-refractivity contribution in [3.63, 3.8) is 0 Å². The lowest BCUT2D eigenvalue weighted by Gasteiger charge is -2.31. The van der Waals surface area contributed by atoms with E-state index in [9.17, 15) is 4.79 Å². The van der Waals surface area contributed by atoms with Gasteiger partial charge in [0.25, 0.3) is 0 Å². The lowest BCUT2D eigenvalue weighted by molar-refractivity contribution is 0.0146. The minimum absolute atomic E-state index is 0.0444. The first-order valence-electron chi connectivity index (χ1n) is 7.06. The second-order valence-electron chi connectivity index (χ2n) is 6.48. The Hall–Kier alpha value is -0.770. The molecule has 0 aliphatic heterocycles. The Bertz CT molecular complexity index is 267. The highest BCUT2D eigenvalue weighted by atomic mass is 16.6. The van der Waals surface area contributed by atoms with Gasteiger partial charge in [-0.05, 0) is 40.0 Å².